The minimum Gasteiger partial charge on any atom is -0.325 e. The van der Waals surface area contributed by atoms with Crippen LogP contribution in [0.4, 0.5) is 20.2 Å². The predicted octanol–water partition coefficient (Wildman–Crippen LogP) is 6.66. The number of hydrogen-bond acceptors (Lipinski definition) is 3. The molecule has 2 amide bonds. The summed E-state index contributed by atoms with van der Waals surface area (Å²) in [7, 11) is 0. The van der Waals surface area contributed by atoms with Crippen molar-refractivity contribution in [3.8, 4) is 0 Å². The van der Waals surface area contributed by atoms with Crippen molar-refractivity contribution in [2.45, 2.75) is 50.6 Å². The van der Waals surface area contributed by atoms with Crippen molar-refractivity contribution in [2.24, 2.45) is 5.41 Å². The molecule has 0 saturated carbocycles. The van der Waals surface area contributed by atoms with Crippen LogP contribution < -0.4 is 16.0 Å². The first-order valence-electron chi connectivity index (χ1n) is 12.3. The second-order valence-electron chi connectivity index (χ2n) is 11.1. The molecule has 1 spiro atoms. The van der Waals surface area contributed by atoms with Crippen LogP contribution in [0.3, 0.4) is 0 Å². The van der Waals surface area contributed by atoms with Gasteiger partial charge in [0.1, 0.15) is 17.0 Å². The van der Waals surface area contributed by atoms with E-state index in [9.17, 15) is 14.0 Å². The van der Waals surface area contributed by atoms with Gasteiger partial charge in [0.15, 0.2) is 0 Å². The quantitative estimate of drug-likeness (QED) is 0.336. The molecule has 5 nitrogen and oxygen atoms in total. The lowest BCUT2D eigenvalue weighted by Gasteiger charge is -2.37. The van der Waals surface area contributed by atoms with Crippen molar-refractivity contribution in [3.05, 3.63) is 93.5 Å². The first-order valence-corrected chi connectivity index (χ1v) is 13.1. The molecule has 3 N–H and O–H groups in total. The molecule has 38 heavy (non-hydrogen) atoms. The fourth-order valence-electron chi connectivity index (χ4n) is 5.91. The molecule has 0 bridgehead atoms. The summed E-state index contributed by atoms with van der Waals surface area (Å²) in [5, 5.41) is 9.49. The highest BCUT2D eigenvalue weighted by molar-refractivity contribution is 6.31. The van der Waals surface area contributed by atoms with Crippen molar-refractivity contribution in [3.63, 3.8) is 0 Å². The summed E-state index contributed by atoms with van der Waals surface area (Å²) in [6.07, 6.45) is 0.501. The van der Waals surface area contributed by atoms with Gasteiger partial charge in [-0.25, -0.2) is 8.78 Å². The lowest BCUT2D eigenvalue weighted by atomic mass is 9.62. The topological polar surface area (TPSA) is 70.2 Å². The molecule has 0 aliphatic carbocycles. The van der Waals surface area contributed by atoms with Crippen molar-refractivity contribution < 1.29 is 18.4 Å². The van der Waals surface area contributed by atoms with Crippen LogP contribution in [0.15, 0.2) is 60.7 Å². The molecule has 0 radical (unpaired) electrons. The maximum Gasteiger partial charge on any atom is 0.242 e. The van der Waals surface area contributed by atoms with E-state index in [0.717, 1.165) is 0 Å². The highest BCUT2D eigenvalue weighted by Crippen LogP contribution is 2.57. The van der Waals surface area contributed by atoms with Gasteiger partial charge in [-0.15, -0.1) is 0 Å². The molecule has 0 unspecified atom stereocenters. The Morgan fingerprint density at radius 1 is 1.05 bits per heavy atom. The number of benzene rings is 3. The predicted molar refractivity (Wildman–Crippen MR) is 146 cm³/mol. The number of anilines is 2. The Labute approximate surface area is 229 Å². The van der Waals surface area contributed by atoms with Gasteiger partial charge in [0, 0.05) is 28.4 Å². The summed E-state index contributed by atoms with van der Waals surface area (Å²) in [5.41, 5.74) is 0.0903. The van der Waals surface area contributed by atoms with E-state index < -0.39 is 41.0 Å². The summed E-state index contributed by atoms with van der Waals surface area (Å²) in [4.78, 5) is 27.9. The van der Waals surface area contributed by atoms with E-state index in [1.807, 2.05) is 20.8 Å². The highest BCUT2D eigenvalue weighted by Gasteiger charge is 2.66. The van der Waals surface area contributed by atoms with Crippen LogP contribution in [0.25, 0.3) is 0 Å². The van der Waals surface area contributed by atoms with E-state index in [4.69, 9.17) is 23.2 Å². The van der Waals surface area contributed by atoms with Crippen molar-refractivity contribution in [2.75, 3.05) is 10.6 Å². The fourth-order valence-corrected chi connectivity index (χ4v) is 6.26. The summed E-state index contributed by atoms with van der Waals surface area (Å²) >= 11 is 12.5. The van der Waals surface area contributed by atoms with Gasteiger partial charge in [-0.3, -0.25) is 9.59 Å². The standard InChI is InChI=1S/C29H27Cl2F2N3O2/c1-28(2,3)14-22-29(19-12-7-15(30)13-21(19)35-27(29)38)23(18-5-4-6-20(31)24(18)33)25(36-22)26(37)34-17-10-8-16(32)9-11-17/h4-13,22-23,25,36H,14H2,1-3H3,(H,34,37)(H,35,38)/t22-,23-,25+,29+/m0/s1. The number of halogens is 4. The van der Waals surface area contributed by atoms with E-state index in [2.05, 4.69) is 16.0 Å². The van der Waals surface area contributed by atoms with Gasteiger partial charge in [-0.1, -0.05) is 62.2 Å². The van der Waals surface area contributed by atoms with Gasteiger partial charge < -0.3 is 16.0 Å². The summed E-state index contributed by atoms with van der Waals surface area (Å²) in [5.74, 6) is -2.92. The first kappa shape index (κ1) is 26.6. The second kappa shape index (κ2) is 9.63. The minimum absolute atomic E-state index is 0.107. The van der Waals surface area contributed by atoms with E-state index in [-0.39, 0.29) is 21.9 Å². The van der Waals surface area contributed by atoms with E-state index in [0.29, 0.717) is 28.4 Å². The van der Waals surface area contributed by atoms with Crippen LogP contribution in [-0.2, 0) is 15.0 Å². The van der Waals surface area contributed by atoms with Gasteiger partial charge in [-0.2, -0.15) is 0 Å². The van der Waals surface area contributed by atoms with Gasteiger partial charge >= 0.3 is 0 Å². The molecule has 3 aromatic carbocycles. The van der Waals surface area contributed by atoms with Gasteiger partial charge in [0.2, 0.25) is 11.8 Å². The molecular formula is C29H27Cl2F2N3O2. The van der Waals surface area contributed by atoms with Crippen LogP contribution in [0.5, 0.6) is 0 Å². The number of nitrogens with one attached hydrogen (secondary N) is 3. The number of fused-ring (bicyclic) bond motifs is 2. The number of hydrogen-bond donors (Lipinski definition) is 3. The fraction of sp³-hybridized carbons (Fsp3) is 0.310. The average molecular weight is 558 g/mol. The molecule has 2 aliphatic heterocycles. The lowest BCUT2D eigenvalue weighted by molar-refractivity contribution is -0.122. The van der Waals surface area contributed by atoms with Crippen LogP contribution >= 0.6 is 23.2 Å². The largest absolute Gasteiger partial charge is 0.325 e. The zero-order chi connectivity index (χ0) is 27.4. The summed E-state index contributed by atoms with van der Waals surface area (Å²) < 4.78 is 29.2. The molecule has 1 saturated heterocycles. The number of carbonyl (C=O) groups is 2. The Hall–Kier alpha value is -3.00. The van der Waals surface area contributed by atoms with E-state index >= 15 is 4.39 Å². The molecule has 4 atom stereocenters. The third kappa shape index (κ3) is 4.46. The molecule has 1 fully saturated rings. The Balaban J connectivity index is 1.72. The van der Waals surface area contributed by atoms with Crippen LogP contribution in [-0.4, -0.2) is 23.9 Å². The van der Waals surface area contributed by atoms with Crippen LogP contribution in [0.1, 0.15) is 44.2 Å². The molecular weight excluding hydrogens is 531 g/mol. The molecule has 198 valence electrons. The third-order valence-electron chi connectivity index (χ3n) is 7.33. The normalized spacial score (nSPS) is 24.4. The number of amides is 2. The summed E-state index contributed by atoms with van der Waals surface area (Å²) in [6.45, 7) is 6.12. The molecule has 9 heteroatoms. The zero-order valence-corrected chi connectivity index (χ0v) is 22.6. The Bertz CT molecular complexity index is 1420. The van der Waals surface area contributed by atoms with Crippen LogP contribution in [0.2, 0.25) is 10.0 Å². The number of rotatable bonds is 4. The van der Waals surface area contributed by atoms with Crippen molar-refractivity contribution in [1.29, 1.82) is 0 Å². The van der Waals surface area contributed by atoms with Crippen LogP contribution in [0, 0.1) is 17.0 Å². The molecule has 2 heterocycles. The van der Waals surface area contributed by atoms with Crippen molar-refractivity contribution >= 4 is 46.4 Å². The van der Waals surface area contributed by atoms with Gasteiger partial charge in [0.25, 0.3) is 0 Å². The molecule has 0 aromatic heterocycles. The minimum atomic E-state index is -1.34. The molecule has 5 rings (SSSR count). The smallest absolute Gasteiger partial charge is 0.242 e. The van der Waals surface area contributed by atoms with Crippen molar-refractivity contribution in [1.82, 2.24) is 5.32 Å². The Morgan fingerprint density at radius 3 is 2.45 bits per heavy atom. The monoisotopic (exact) mass is 557 g/mol. The summed E-state index contributed by atoms with van der Waals surface area (Å²) in [6, 6.07) is 13.5. The third-order valence-corrected chi connectivity index (χ3v) is 7.86. The Kier molecular flexibility index (Phi) is 6.74. The maximum absolute atomic E-state index is 15.7. The first-order chi connectivity index (χ1) is 17.9. The molecule has 3 aromatic rings. The second-order valence-corrected chi connectivity index (χ2v) is 11.9. The highest BCUT2D eigenvalue weighted by atomic mass is 35.5. The maximum atomic E-state index is 15.7. The molecule has 2 aliphatic rings. The Morgan fingerprint density at radius 2 is 1.76 bits per heavy atom. The SMILES string of the molecule is CC(C)(C)C[C@@H]1N[C@@H](C(=O)Nc2ccc(F)cc2)[C@H](c2cccc(Cl)c2F)[C@]12C(=O)Nc1cc(Cl)ccc12. The number of carbonyl (C=O) groups excluding carboxylic acids is 2. The van der Waals surface area contributed by atoms with Gasteiger partial charge in [-0.05, 0) is 65.4 Å². The van der Waals surface area contributed by atoms with E-state index in [1.165, 1.54) is 30.3 Å². The van der Waals surface area contributed by atoms with Gasteiger partial charge in [0.05, 0.1) is 11.1 Å². The average Bonchev–Trinajstić information content (AvgIpc) is 3.31. The zero-order valence-electron chi connectivity index (χ0n) is 21.0. The van der Waals surface area contributed by atoms with E-state index in [1.54, 1.807) is 30.3 Å². The lowest BCUT2D eigenvalue weighted by Crippen LogP contribution is -2.49.